The zero-order chi connectivity index (χ0) is 24.1. The van der Waals surface area contributed by atoms with Crippen LogP contribution in [0.2, 0.25) is 0 Å². The topological polar surface area (TPSA) is 114 Å². The average Bonchev–Trinajstić information content (AvgIpc) is 3.62. The van der Waals surface area contributed by atoms with Crippen LogP contribution in [0, 0.1) is 12.3 Å². The molecule has 10 nitrogen and oxygen atoms in total. The normalized spacial score (nSPS) is 18.1. The zero-order valence-electron chi connectivity index (χ0n) is 19.5. The number of carbonyl (C=O) groups excluding carboxylic acids is 1. The Morgan fingerprint density at radius 3 is 2.71 bits per heavy atom. The number of amidine groups is 1. The monoisotopic (exact) mass is 472 g/mol. The van der Waals surface area contributed by atoms with E-state index in [-0.39, 0.29) is 11.9 Å². The van der Waals surface area contributed by atoms with Crippen LogP contribution >= 0.6 is 0 Å². The third-order valence-corrected chi connectivity index (χ3v) is 7.14. The van der Waals surface area contributed by atoms with Gasteiger partial charge in [-0.15, -0.1) is 0 Å². The highest BCUT2D eigenvalue weighted by molar-refractivity contribution is 6.07. The van der Waals surface area contributed by atoms with Crippen LogP contribution in [0.5, 0.6) is 0 Å². The first-order valence-electron chi connectivity index (χ1n) is 11.9. The number of hydrazine groups is 1. The van der Waals surface area contributed by atoms with Gasteiger partial charge in [0.05, 0.1) is 17.4 Å². The van der Waals surface area contributed by atoms with Gasteiger partial charge in [0.25, 0.3) is 0 Å². The van der Waals surface area contributed by atoms with Crippen molar-refractivity contribution in [1.29, 1.82) is 5.41 Å². The molecular weight excluding hydrogens is 444 g/mol. The summed E-state index contributed by atoms with van der Waals surface area (Å²) in [5, 5.41) is 28.1. The molecule has 3 aliphatic heterocycles. The Balaban J connectivity index is 1.32. The molecule has 0 saturated carbocycles. The fourth-order valence-corrected chi connectivity index (χ4v) is 5.30. The summed E-state index contributed by atoms with van der Waals surface area (Å²) in [6, 6.07) is 10.2. The number of hydrogen-bond donors (Lipinski definition) is 4. The van der Waals surface area contributed by atoms with Crippen LogP contribution in [0.3, 0.4) is 0 Å². The number of para-hydroxylation sites is 1. The molecule has 1 fully saturated rings. The molecule has 0 atom stereocenters. The van der Waals surface area contributed by atoms with Crippen molar-refractivity contribution in [3.05, 3.63) is 71.4 Å². The van der Waals surface area contributed by atoms with Crippen molar-refractivity contribution >= 4 is 23.1 Å². The van der Waals surface area contributed by atoms with E-state index in [2.05, 4.69) is 26.6 Å². The maximum absolute atomic E-state index is 11.9. The lowest BCUT2D eigenvalue weighted by atomic mass is 10.0. The number of aliphatic hydroxyl groups excluding tert-OH is 1. The van der Waals surface area contributed by atoms with Crippen molar-refractivity contribution in [2.24, 2.45) is 0 Å². The van der Waals surface area contributed by atoms with Gasteiger partial charge in [-0.1, -0.05) is 18.2 Å². The van der Waals surface area contributed by atoms with Gasteiger partial charge in [-0.2, -0.15) is 5.10 Å². The molecule has 5 heterocycles. The Bertz CT molecular complexity index is 1330. The minimum absolute atomic E-state index is 0.214. The van der Waals surface area contributed by atoms with Crippen molar-refractivity contribution < 1.29 is 9.90 Å². The van der Waals surface area contributed by atoms with Gasteiger partial charge in [-0.3, -0.25) is 10.2 Å². The smallest absolute Gasteiger partial charge is 0.248 e. The Hall–Kier alpha value is -3.89. The Kier molecular flexibility index (Phi) is 5.19. The first kappa shape index (κ1) is 21.6. The maximum atomic E-state index is 11.9. The molecule has 0 radical (unpaired) electrons. The van der Waals surface area contributed by atoms with Gasteiger partial charge >= 0.3 is 0 Å². The van der Waals surface area contributed by atoms with Crippen LogP contribution in [0.15, 0.2) is 54.7 Å². The fourth-order valence-electron chi connectivity index (χ4n) is 5.30. The lowest BCUT2D eigenvalue weighted by molar-refractivity contribution is -0.135. The number of hydrogen-bond acceptors (Lipinski definition) is 6. The maximum Gasteiger partial charge on any atom is 0.248 e. The number of amides is 1. The number of nitrogens with one attached hydrogen (secondary N) is 3. The molecule has 6 rings (SSSR count). The molecule has 0 spiro atoms. The summed E-state index contributed by atoms with van der Waals surface area (Å²) in [6.45, 7) is 3.42. The van der Waals surface area contributed by atoms with Crippen molar-refractivity contribution in [3.63, 3.8) is 0 Å². The Morgan fingerprint density at radius 2 is 1.97 bits per heavy atom. The summed E-state index contributed by atoms with van der Waals surface area (Å²) < 4.78 is 4.09. The number of nitrogens with zero attached hydrogens (tertiary/aromatic N) is 5. The van der Waals surface area contributed by atoms with Crippen LogP contribution in [-0.2, 0) is 4.79 Å². The van der Waals surface area contributed by atoms with Crippen molar-refractivity contribution in [2.45, 2.75) is 25.8 Å². The summed E-state index contributed by atoms with van der Waals surface area (Å²) in [6.07, 6.45) is 7.59. The fraction of sp³-hybridized carbons (Fsp3) is 0.320. The van der Waals surface area contributed by atoms with E-state index in [1.54, 1.807) is 4.90 Å². The minimum Gasteiger partial charge on any atom is -0.387 e. The molecule has 180 valence electrons. The van der Waals surface area contributed by atoms with E-state index in [0.717, 1.165) is 52.4 Å². The van der Waals surface area contributed by atoms with E-state index in [0.29, 0.717) is 25.5 Å². The van der Waals surface area contributed by atoms with Gasteiger partial charge in [0.2, 0.25) is 5.91 Å². The van der Waals surface area contributed by atoms with Gasteiger partial charge in [-0.05, 0) is 37.5 Å². The molecule has 1 amide bonds. The molecule has 1 aromatic carbocycles. The largest absolute Gasteiger partial charge is 0.387 e. The molecule has 10 heteroatoms. The van der Waals surface area contributed by atoms with E-state index in [4.69, 9.17) is 5.41 Å². The lowest BCUT2D eigenvalue weighted by Crippen LogP contribution is -2.43. The number of carbonyl (C=O) groups is 1. The highest BCUT2D eigenvalue weighted by atomic mass is 16.3. The summed E-state index contributed by atoms with van der Waals surface area (Å²) in [5.74, 6) is 1.97. The molecule has 3 aliphatic rings. The van der Waals surface area contributed by atoms with Crippen LogP contribution < -0.4 is 10.7 Å². The highest BCUT2D eigenvalue weighted by Crippen LogP contribution is 2.39. The summed E-state index contributed by atoms with van der Waals surface area (Å²) >= 11 is 0. The number of benzene rings is 1. The van der Waals surface area contributed by atoms with Gasteiger partial charge in [0.15, 0.2) is 5.84 Å². The molecule has 4 N–H and O–H groups in total. The molecule has 3 aromatic rings. The second-order valence-electron chi connectivity index (χ2n) is 9.19. The van der Waals surface area contributed by atoms with E-state index in [9.17, 15) is 9.90 Å². The minimum atomic E-state index is -0.442. The van der Waals surface area contributed by atoms with Gasteiger partial charge in [-0.25, -0.2) is 15.1 Å². The highest BCUT2D eigenvalue weighted by Gasteiger charge is 2.37. The van der Waals surface area contributed by atoms with Crippen LogP contribution in [0.4, 0.5) is 5.82 Å². The molecular formula is C25H28N8O2. The second kappa shape index (κ2) is 8.40. The predicted octanol–water partition coefficient (Wildman–Crippen LogP) is 2.08. The summed E-state index contributed by atoms with van der Waals surface area (Å²) in [7, 11) is 0. The summed E-state index contributed by atoms with van der Waals surface area (Å²) in [5.41, 5.74) is 8.31. The number of fused-ring (bicyclic) bond motifs is 2. The number of likely N-dealkylation sites (tertiary alicyclic amines) is 1. The quantitative estimate of drug-likeness (QED) is 0.462. The molecule has 35 heavy (non-hydrogen) atoms. The van der Waals surface area contributed by atoms with Gasteiger partial charge < -0.3 is 19.9 Å². The first-order valence-corrected chi connectivity index (χ1v) is 11.9. The number of anilines is 1. The SMILES string of the molecule is Cc1cn(C2CCN(C(=O)CO)CC2)c2c1C(=N)N1NCC(c3cnn(-c4ccccc4)c3)=C1N2. The lowest BCUT2D eigenvalue weighted by Gasteiger charge is -2.35. The average molecular weight is 473 g/mol. The summed E-state index contributed by atoms with van der Waals surface area (Å²) in [4.78, 5) is 13.6. The van der Waals surface area contributed by atoms with E-state index in [1.165, 1.54) is 0 Å². The van der Waals surface area contributed by atoms with Crippen molar-refractivity contribution in [2.75, 3.05) is 31.6 Å². The zero-order valence-corrected chi connectivity index (χ0v) is 19.5. The second-order valence-corrected chi connectivity index (χ2v) is 9.19. The molecule has 2 aromatic heterocycles. The van der Waals surface area contributed by atoms with Crippen molar-refractivity contribution in [3.8, 4) is 5.69 Å². The van der Waals surface area contributed by atoms with Crippen LogP contribution in [-0.4, -0.2) is 67.3 Å². The molecule has 0 aliphatic carbocycles. The number of aryl methyl sites for hydroxylation is 1. The van der Waals surface area contributed by atoms with E-state index >= 15 is 0 Å². The number of aromatic nitrogens is 3. The van der Waals surface area contributed by atoms with Crippen molar-refractivity contribution in [1.82, 2.24) is 29.7 Å². The predicted molar refractivity (Wildman–Crippen MR) is 132 cm³/mol. The van der Waals surface area contributed by atoms with Crippen LogP contribution in [0.25, 0.3) is 11.3 Å². The number of piperidine rings is 1. The standard InChI is InChI=1S/C25H28N8O2/c1-16-13-31(18-7-9-30(10-8-18)21(35)15-34)25-22(16)23(26)33-24(29-25)20(12-28-33)17-11-27-32(14-17)19-5-3-2-4-6-19/h2-6,11,13-14,18,26,28-29,34H,7-10,12,15H2,1H3. The third kappa shape index (κ3) is 3.53. The third-order valence-electron chi connectivity index (χ3n) is 7.14. The van der Waals surface area contributed by atoms with Gasteiger partial charge in [0.1, 0.15) is 18.2 Å². The molecule has 1 saturated heterocycles. The van der Waals surface area contributed by atoms with E-state index in [1.807, 2.05) is 59.3 Å². The molecule has 0 bridgehead atoms. The van der Waals surface area contributed by atoms with E-state index < -0.39 is 6.61 Å². The number of aliphatic hydroxyl groups is 1. The Labute approximate surface area is 202 Å². The molecule has 0 unspecified atom stereocenters. The van der Waals surface area contributed by atoms with Gasteiger partial charge in [0, 0.05) is 49.2 Å². The first-order chi connectivity index (χ1) is 17.0. The van der Waals surface area contributed by atoms with Crippen LogP contribution in [0.1, 0.15) is 35.6 Å². The Morgan fingerprint density at radius 1 is 1.20 bits per heavy atom. The number of rotatable bonds is 4.